The fourth-order valence-corrected chi connectivity index (χ4v) is 2.85. The van der Waals surface area contributed by atoms with Gasteiger partial charge in [-0.2, -0.15) is 4.98 Å². The number of aryl methyl sites for hydroxylation is 1. The summed E-state index contributed by atoms with van der Waals surface area (Å²) < 4.78 is 18.2. The fourth-order valence-electron chi connectivity index (χ4n) is 2.85. The molecule has 4 rings (SSSR count). The van der Waals surface area contributed by atoms with Gasteiger partial charge in [0.05, 0.1) is 7.11 Å². The van der Waals surface area contributed by atoms with Gasteiger partial charge in [-0.3, -0.25) is 9.36 Å². The van der Waals surface area contributed by atoms with Crippen molar-refractivity contribution in [2.24, 2.45) is 0 Å². The Hall–Kier alpha value is -4.40. The smallest absolute Gasteiger partial charge is 0.262 e. The van der Waals surface area contributed by atoms with Gasteiger partial charge in [0.2, 0.25) is 5.88 Å². The topological polar surface area (TPSA) is 100 Å². The lowest BCUT2D eigenvalue weighted by molar-refractivity contribution is -0.118. The highest BCUT2D eigenvalue weighted by atomic mass is 16.5. The van der Waals surface area contributed by atoms with Crippen molar-refractivity contribution in [1.82, 2.24) is 19.5 Å². The Labute approximate surface area is 184 Å². The summed E-state index contributed by atoms with van der Waals surface area (Å²) in [7, 11) is 1.59. The molecule has 0 bridgehead atoms. The monoisotopic (exact) mass is 431 g/mol. The van der Waals surface area contributed by atoms with Crippen molar-refractivity contribution < 1.29 is 19.0 Å². The van der Waals surface area contributed by atoms with Gasteiger partial charge in [0.15, 0.2) is 6.61 Å². The summed E-state index contributed by atoms with van der Waals surface area (Å²) in [5.74, 6) is 3.25. The quantitative estimate of drug-likeness (QED) is 0.453. The molecule has 0 saturated carbocycles. The molecule has 2 heterocycles. The van der Waals surface area contributed by atoms with Crippen LogP contribution >= 0.6 is 0 Å². The second-order valence-corrected chi connectivity index (χ2v) is 6.72. The van der Waals surface area contributed by atoms with Crippen LogP contribution in [0.15, 0.2) is 73.3 Å². The zero-order chi connectivity index (χ0) is 22.3. The molecule has 2 aromatic heterocycles. The molecule has 162 valence electrons. The number of carbonyl (C=O) groups is 1. The first-order chi connectivity index (χ1) is 15.6. The number of benzene rings is 2. The van der Waals surface area contributed by atoms with Crippen molar-refractivity contribution >= 4 is 11.6 Å². The first-order valence-electron chi connectivity index (χ1n) is 9.78. The fraction of sp³-hybridized carbons (Fsp3) is 0.130. The number of ether oxygens (including phenoxy) is 3. The lowest BCUT2D eigenvalue weighted by atomic mass is 10.3. The average Bonchev–Trinajstić information content (AvgIpc) is 3.34. The van der Waals surface area contributed by atoms with E-state index in [2.05, 4.69) is 20.3 Å². The highest BCUT2D eigenvalue weighted by Gasteiger charge is 2.08. The molecule has 0 atom stereocenters. The molecular formula is C23H21N5O4. The molecule has 0 aliphatic carbocycles. The van der Waals surface area contributed by atoms with Crippen LogP contribution in [0.5, 0.6) is 23.1 Å². The van der Waals surface area contributed by atoms with Gasteiger partial charge < -0.3 is 19.5 Å². The normalized spacial score (nSPS) is 10.4. The maximum Gasteiger partial charge on any atom is 0.262 e. The number of methoxy groups -OCH3 is 1. The van der Waals surface area contributed by atoms with Crippen LogP contribution in [-0.4, -0.2) is 39.1 Å². The van der Waals surface area contributed by atoms with Crippen LogP contribution in [0.2, 0.25) is 0 Å². The van der Waals surface area contributed by atoms with Gasteiger partial charge in [0, 0.05) is 24.1 Å². The minimum absolute atomic E-state index is 0.109. The first kappa shape index (κ1) is 20.9. The summed E-state index contributed by atoms with van der Waals surface area (Å²) in [6.45, 7) is 1.68. The molecule has 0 aliphatic heterocycles. The van der Waals surface area contributed by atoms with E-state index in [1.165, 1.54) is 0 Å². The maximum absolute atomic E-state index is 12.2. The van der Waals surface area contributed by atoms with E-state index < -0.39 is 0 Å². The Morgan fingerprint density at radius 2 is 1.72 bits per heavy atom. The van der Waals surface area contributed by atoms with E-state index in [9.17, 15) is 4.79 Å². The highest BCUT2D eigenvalue weighted by molar-refractivity contribution is 5.91. The number of hydrogen-bond donors (Lipinski definition) is 1. The maximum atomic E-state index is 12.2. The molecule has 32 heavy (non-hydrogen) atoms. The van der Waals surface area contributed by atoms with E-state index >= 15 is 0 Å². The van der Waals surface area contributed by atoms with E-state index in [0.717, 1.165) is 5.75 Å². The number of amides is 1. The van der Waals surface area contributed by atoms with Gasteiger partial charge in [-0.15, -0.1) is 0 Å². The highest BCUT2D eigenvalue weighted by Crippen LogP contribution is 2.23. The predicted molar refractivity (Wildman–Crippen MR) is 118 cm³/mol. The Balaban J connectivity index is 1.33. The molecule has 9 heteroatoms. The number of nitrogens with zero attached hydrogens (tertiary/aromatic N) is 4. The molecule has 0 fully saturated rings. The molecule has 0 radical (unpaired) electrons. The number of imidazole rings is 1. The number of aromatic nitrogens is 4. The van der Waals surface area contributed by atoms with Crippen LogP contribution in [0, 0.1) is 6.92 Å². The molecule has 0 aliphatic rings. The predicted octanol–water partition coefficient (Wildman–Crippen LogP) is 3.79. The molecule has 0 spiro atoms. The van der Waals surface area contributed by atoms with Crippen molar-refractivity contribution in [3.05, 3.63) is 79.1 Å². The molecule has 0 unspecified atom stereocenters. The largest absolute Gasteiger partial charge is 0.497 e. The summed E-state index contributed by atoms with van der Waals surface area (Å²) in [5, 5.41) is 2.78. The van der Waals surface area contributed by atoms with Crippen LogP contribution in [0.1, 0.15) is 5.82 Å². The van der Waals surface area contributed by atoms with Crippen molar-refractivity contribution in [3.8, 4) is 28.9 Å². The third-order valence-electron chi connectivity index (χ3n) is 4.36. The van der Waals surface area contributed by atoms with E-state index in [0.29, 0.717) is 34.7 Å². The molecule has 1 amide bonds. The summed E-state index contributed by atoms with van der Waals surface area (Å²) in [4.78, 5) is 24.9. The van der Waals surface area contributed by atoms with E-state index in [1.807, 2.05) is 0 Å². The van der Waals surface area contributed by atoms with Crippen molar-refractivity contribution in [2.75, 3.05) is 19.0 Å². The number of anilines is 1. The lowest BCUT2D eigenvalue weighted by Gasteiger charge is -2.10. The zero-order valence-electron chi connectivity index (χ0n) is 17.6. The summed E-state index contributed by atoms with van der Waals surface area (Å²) in [6, 6.07) is 15.7. The van der Waals surface area contributed by atoms with Crippen molar-refractivity contribution in [3.63, 3.8) is 0 Å². The third kappa shape index (κ3) is 5.39. The Morgan fingerprint density at radius 3 is 2.41 bits per heavy atom. The number of carbonyl (C=O) groups excluding carboxylic acids is 1. The Morgan fingerprint density at radius 1 is 1.00 bits per heavy atom. The summed E-state index contributed by atoms with van der Waals surface area (Å²) >= 11 is 0. The van der Waals surface area contributed by atoms with Crippen LogP contribution < -0.4 is 19.5 Å². The van der Waals surface area contributed by atoms with E-state index in [1.54, 1.807) is 91.9 Å². The molecular weight excluding hydrogens is 410 g/mol. The summed E-state index contributed by atoms with van der Waals surface area (Å²) in [6.07, 6.45) is 5.12. The molecule has 0 saturated heterocycles. The average molecular weight is 431 g/mol. The lowest BCUT2D eigenvalue weighted by Crippen LogP contribution is -2.20. The molecule has 4 aromatic rings. The van der Waals surface area contributed by atoms with Gasteiger partial charge in [-0.25, -0.2) is 9.97 Å². The summed E-state index contributed by atoms with van der Waals surface area (Å²) in [5.41, 5.74) is 0.624. The van der Waals surface area contributed by atoms with Crippen LogP contribution in [0.25, 0.3) is 5.82 Å². The molecule has 1 N–H and O–H groups in total. The van der Waals surface area contributed by atoms with Crippen molar-refractivity contribution in [2.45, 2.75) is 6.92 Å². The van der Waals surface area contributed by atoms with Gasteiger partial charge in [-0.05, 0) is 55.5 Å². The second kappa shape index (κ2) is 9.61. The van der Waals surface area contributed by atoms with Gasteiger partial charge in [0.1, 0.15) is 35.2 Å². The zero-order valence-corrected chi connectivity index (χ0v) is 17.6. The van der Waals surface area contributed by atoms with E-state index in [4.69, 9.17) is 14.2 Å². The second-order valence-electron chi connectivity index (χ2n) is 6.72. The molecule has 9 nitrogen and oxygen atoms in total. The molecule has 2 aromatic carbocycles. The number of hydrogen-bond acceptors (Lipinski definition) is 7. The van der Waals surface area contributed by atoms with E-state index in [-0.39, 0.29) is 12.5 Å². The minimum atomic E-state index is -0.272. The first-order valence-corrected chi connectivity index (χ1v) is 9.78. The Bertz CT molecular complexity index is 1180. The van der Waals surface area contributed by atoms with Crippen LogP contribution in [0.4, 0.5) is 5.69 Å². The third-order valence-corrected chi connectivity index (χ3v) is 4.36. The number of nitrogens with one attached hydrogen (secondary N) is 1. The van der Waals surface area contributed by atoms with Crippen LogP contribution in [0.3, 0.4) is 0 Å². The van der Waals surface area contributed by atoms with Gasteiger partial charge in [0.25, 0.3) is 5.91 Å². The standard InChI is InChI=1S/C23H21N5O4/c1-16-25-21(28-12-11-24-15-28)13-23(26-16)32-20-5-3-17(4-6-20)27-22(29)14-31-19-9-7-18(30-2)8-10-19/h3-13,15H,14H2,1-2H3,(H,27,29). The van der Waals surface area contributed by atoms with Crippen molar-refractivity contribution in [1.29, 1.82) is 0 Å². The van der Waals surface area contributed by atoms with Gasteiger partial charge >= 0.3 is 0 Å². The minimum Gasteiger partial charge on any atom is -0.497 e. The Kier molecular flexibility index (Phi) is 6.26. The SMILES string of the molecule is COc1ccc(OCC(=O)Nc2ccc(Oc3cc(-n4ccnc4)nc(C)n3)cc2)cc1. The van der Waals surface area contributed by atoms with Crippen LogP contribution in [-0.2, 0) is 4.79 Å². The number of rotatable bonds is 8. The van der Waals surface area contributed by atoms with Gasteiger partial charge in [-0.1, -0.05) is 0 Å².